The molecule has 1 unspecified atom stereocenters. The number of benzene rings is 1. The van der Waals surface area contributed by atoms with Gasteiger partial charge in [0.15, 0.2) is 0 Å². The van der Waals surface area contributed by atoms with E-state index in [1.807, 2.05) is 0 Å². The minimum absolute atomic E-state index is 0.370. The Balaban J connectivity index is 1.95. The topological polar surface area (TPSA) is 12.0 Å². The van der Waals surface area contributed by atoms with E-state index in [1.165, 1.54) is 37.8 Å². The summed E-state index contributed by atoms with van der Waals surface area (Å²) in [4.78, 5) is 0. The molecule has 0 amide bonds. The molecule has 0 radical (unpaired) electrons. The largest absolute Gasteiger partial charge is 0.416 e. The smallest absolute Gasteiger partial charge is 0.314 e. The molecule has 0 aromatic heterocycles. The van der Waals surface area contributed by atoms with Crippen LogP contribution in [-0.4, -0.2) is 12.6 Å². The average molecular weight is 299 g/mol. The zero-order valence-corrected chi connectivity index (χ0v) is 12.5. The molecule has 0 spiro atoms. The summed E-state index contributed by atoms with van der Waals surface area (Å²) in [7, 11) is 0. The normalized spacial score (nSPS) is 18.1. The van der Waals surface area contributed by atoms with Crippen molar-refractivity contribution in [1.29, 1.82) is 0 Å². The number of alkyl halides is 3. The molecule has 0 heterocycles. The Kier molecular flexibility index (Phi) is 5.68. The van der Waals surface area contributed by atoms with Crippen LogP contribution in [0.3, 0.4) is 0 Å². The summed E-state index contributed by atoms with van der Waals surface area (Å²) in [5, 5.41) is 3.48. The Hall–Kier alpha value is -1.03. The maximum Gasteiger partial charge on any atom is 0.416 e. The molecule has 0 aliphatic heterocycles. The van der Waals surface area contributed by atoms with Crippen molar-refractivity contribution in [3.8, 4) is 0 Å². The lowest BCUT2D eigenvalue weighted by molar-refractivity contribution is -0.137. The Morgan fingerprint density at radius 2 is 1.76 bits per heavy atom. The van der Waals surface area contributed by atoms with Crippen molar-refractivity contribution in [3.05, 3.63) is 35.4 Å². The van der Waals surface area contributed by atoms with E-state index in [0.29, 0.717) is 6.04 Å². The van der Waals surface area contributed by atoms with E-state index in [1.54, 1.807) is 12.1 Å². The van der Waals surface area contributed by atoms with Gasteiger partial charge in [-0.15, -0.1) is 0 Å². The Morgan fingerprint density at radius 1 is 1.14 bits per heavy atom. The summed E-state index contributed by atoms with van der Waals surface area (Å²) in [5.74, 6) is 0.781. The van der Waals surface area contributed by atoms with Crippen molar-refractivity contribution in [2.75, 3.05) is 6.54 Å². The third-order valence-corrected chi connectivity index (χ3v) is 4.35. The Morgan fingerprint density at radius 3 is 2.29 bits per heavy atom. The molecule has 1 nitrogen and oxygen atoms in total. The van der Waals surface area contributed by atoms with Crippen LogP contribution in [0.15, 0.2) is 24.3 Å². The van der Waals surface area contributed by atoms with Gasteiger partial charge in [0, 0.05) is 6.04 Å². The van der Waals surface area contributed by atoms with Crippen LogP contribution in [0.1, 0.15) is 50.2 Å². The number of hydrogen-bond donors (Lipinski definition) is 1. The molecule has 0 saturated heterocycles. The molecule has 1 aromatic carbocycles. The first-order chi connectivity index (χ1) is 9.99. The molecule has 1 atom stereocenters. The molecular weight excluding hydrogens is 275 g/mol. The van der Waals surface area contributed by atoms with Crippen molar-refractivity contribution in [3.63, 3.8) is 0 Å². The van der Waals surface area contributed by atoms with Crippen LogP contribution in [0, 0.1) is 5.92 Å². The van der Waals surface area contributed by atoms with E-state index in [-0.39, 0.29) is 0 Å². The molecule has 2 rings (SSSR count). The minimum atomic E-state index is -4.25. The first-order valence-electron chi connectivity index (χ1n) is 7.88. The first kappa shape index (κ1) is 16.3. The molecule has 1 aliphatic rings. The fraction of sp³-hybridized carbons (Fsp3) is 0.647. The summed E-state index contributed by atoms with van der Waals surface area (Å²) in [6.45, 7) is 2.98. The van der Waals surface area contributed by atoms with Crippen LogP contribution in [0.2, 0.25) is 0 Å². The Bertz CT molecular complexity index is 419. The van der Waals surface area contributed by atoms with Gasteiger partial charge in [0.1, 0.15) is 0 Å². The molecule has 118 valence electrons. The lowest BCUT2D eigenvalue weighted by Gasteiger charge is -2.21. The SMILES string of the molecule is CCNC(Cc1ccc(C(F)(F)F)cc1)CC1CCCC1. The van der Waals surface area contributed by atoms with Crippen molar-refractivity contribution in [2.24, 2.45) is 5.92 Å². The molecule has 4 heteroatoms. The lowest BCUT2D eigenvalue weighted by Crippen LogP contribution is -2.32. The van der Waals surface area contributed by atoms with Crippen molar-refractivity contribution >= 4 is 0 Å². The highest BCUT2D eigenvalue weighted by molar-refractivity contribution is 5.25. The van der Waals surface area contributed by atoms with Gasteiger partial charge in [0.05, 0.1) is 5.56 Å². The standard InChI is InChI=1S/C17H24F3N/c1-2-21-16(11-13-5-3-4-6-13)12-14-7-9-15(10-8-14)17(18,19)20/h7-10,13,16,21H,2-6,11-12H2,1H3. The predicted octanol–water partition coefficient (Wildman–Crippen LogP) is 4.81. The highest BCUT2D eigenvalue weighted by atomic mass is 19.4. The van der Waals surface area contributed by atoms with Gasteiger partial charge < -0.3 is 5.32 Å². The van der Waals surface area contributed by atoms with Gasteiger partial charge >= 0.3 is 6.18 Å². The van der Waals surface area contributed by atoms with Crippen LogP contribution in [-0.2, 0) is 12.6 Å². The zero-order valence-electron chi connectivity index (χ0n) is 12.5. The van der Waals surface area contributed by atoms with Crippen molar-refractivity contribution in [2.45, 2.75) is 57.7 Å². The van der Waals surface area contributed by atoms with Gasteiger partial charge in [-0.3, -0.25) is 0 Å². The van der Waals surface area contributed by atoms with Crippen LogP contribution in [0.5, 0.6) is 0 Å². The predicted molar refractivity (Wildman–Crippen MR) is 79.2 cm³/mol. The van der Waals surface area contributed by atoms with Gasteiger partial charge in [-0.25, -0.2) is 0 Å². The van der Waals surface area contributed by atoms with E-state index in [2.05, 4.69) is 12.2 Å². The third kappa shape index (κ3) is 5.03. The third-order valence-electron chi connectivity index (χ3n) is 4.35. The van der Waals surface area contributed by atoms with Crippen LogP contribution >= 0.6 is 0 Å². The van der Waals surface area contributed by atoms with Gasteiger partial charge in [-0.2, -0.15) is 13.2 Å². The van der Waals surface area contributed by atoms with Crippen molar-refractivity contribution < 1.29 is 13.2 Å². The maximum absolute atomic E-state index is 12.6. The number of halogens is 3. The van der Waals surface area contributed by atoms with E-state index in [0.717, 1.165) is 30.9 Å². The summed E-state index contributed by atoms with van der Waals surface area (Å²) >= 11 is 0. The molecule has 1 aliphatic carbocycles. The average Bonchev–Trinajstić information content (AvgIpc) is 2.91. The zero-order chi connectivity index (χ0) is 15.3. The number of rotatable bonds is 6. The van der Waals surface area contributed by atoms with Crippen molar-refractivity contribution in [1.82, 2.24) is 5.32 Å². The second kappa shape index (κ2) is 7.30. The fourth-order valence-corrected chi connectivity index (χ4v) is 3.29. The molecule has 1 N–H and O–H groups in total. The highest BCUT2D eigenvalue weighted by Crippen LogP contribution is 2.31. The molecule has 21 heavy (non-hydrogen) atoms. The van der Waals surface area contributed by atoms with Gasteiger partial charge in [-0.05, 0) is 43.0 Å². The molecule has 1 aromatic rings. The summed E-state index contributed by atoms with van der Waals surface area (Å²) in [5.41, 5.74) is 0.411. The fourth-order valence-electron chi connectivity index (χ4n) is 3.29. The minimum Gasteiger partial charge on any atom is -0.314 e. The van der Waals surface area contributed by atoms with Gasteiger partial charge in [0.2, 0.25) is 0 Å². The van der Waals surface area contributed by atoms with E-state index in [4.69, 9.17) is 0 Å². The van der Waals surface area contributed by atoms with Crippen LogP contribution < -0.4 is 5.32 Å². The lowest BCUT2D eigenvalue weighted by atomic mass is 9.93. The van der Waals surface area contributed by atoms with Crippen LogP contribution in [0.4, 0.5) is 13.2 Å². The molecule has 1 fully saturated rings. The second-order valence-corrected chi connectivity index (χ2v) is 6.04. The van der Waals surface area contributed by atoms with Gasteiger partial charge in [0.25, 0.3) is 0 Å². The van der Waals surface area contributed by atoms with Gasteiger partial charge in [-0.1, -0.05) is 44.7 Å². The summed E-state index contributed by atoms with van der Waals surface area (Å²) in [6, 6.07) is 5.97. The summed E-state index contributed by atoms with van der Waals surface area (Å²) in [6.07, 6.45) is 2.94. The number of nitrogens with one attached hydrogen (secondary N) is 1. The quantitative estimate of drug-likeness (QED) is 0.795. The van der Waals surface area contributed by atoms with E-state index >= 15 is 0 Å². The number of hydrogen-bond acceptors (Lipinski definition) is 1. The van der Waals surface area contributed by atoms with E-state index < -0.39 is 11.7 Å². The maximum atomic E-state index is 12.6. The second-order valence-electron chi connectivity index (χ2n) is 6.04. The molecule has 1 saturated carbocycles. The molecule has 0 bridgehead atoms. The Labute approximate surface area is 124 Å². The highest BCUT2D eigenvalue weighted by Gasteiger charge is 2.30. The van der Waals surface area contributed by atoms with Crippen LogP contribution in [0.25, 0.3) is 0 Å². The number of likely N-dealkylation sites (N-methyl/N-ethyl adjacent to an activating group) is 1. The molecular formula is C17H24F3N. The monoisotopic (exact) mass is 299 g/mol. The first-order valence-corrected chi connectivity index (χ1v) is 7.88. The van der Waals surface area contributed by atoms with E-state index in [9.17, 15) is 13.2 Å². The summed E-state index contributed by atoms with van der Waals surface area (Å²) < 4.78 is 37.7.